The van der Waals surface area contributed by atoms with Crippen molar-refractivity contribution in [1.29, 1.82) is 5.26 Å². The number of pyridine rings is 1. The van der Waals surface area contributed by atoms with Gasteiger partial charge in [-0.15, -0.1) is 0 Å². The number of carbonyl (C=O) groups is 1. The summed E-state index contributed by atoms with van der Waals surface area (Å²) < 4.78 is 0. The first-order valence-corrected chi connectivity index (χ1v) is 6.33. The molecule has 5 heteroatoms. The molecule has 0 radical (unpaired) electrons. The minimum atomic E-state index is -0.768. The fourth-order valence-electron chi connectivity index (χ4n) is 2.78. The monoisotopic (exact) mass is 259 g/mol. The van der Waals surface area contributed by atoms with Crippen molar-refractivity contribution in [2.45, 2.75) is 33.2 Å². The summed E-state index contributed by atoms with van der Waals surface area (Å²) in [6.07, 6.45) is 0.613. The zero-order chi connectivity index (χ0) is 14.2. The molecule has 0 aromatic carbocycles. The van der Waals surface area contributed by atoms with E-state index in [0.717, 1.165) is 11.4 Å². The molecular weight excluding hydrogens is 242 g/mol. The van der Waals surface area contributed by atoms with E-state index in [4.69, 9.17) is 0 Å². The summed E-state index contributed by atoms with van der Waals surface area (Å²) in [7, 11) is 0. The van der Waals surface area contributed by atoms with Gasteiger partial charge in [0.1, 0.15) is 6.07 Å². The first-order chi connectivity index (χ1) is 8.95. The molecule has 2 unspecified atom stereocenters. The van der Waals surface area contributed by atoms with Gasteiger partial charge in [0, 0.05) is 18.3 Å². The molecule has 1 saturated heterocycles. The molecule has 0 spiro atoms. The maximum atomic E-state index is 11.2. The highest BCUT2D eigenvalue weighted by molar-refractivity contribution is 5.74. The third-order valence-corrected chi connectivity index (χ3v) is 3.80. The van der Waals surface area contributed by atoms with Crippen molar-refractivity contribution in [2.24, 2.45) is 5.92 Å². The van der Waals surface area contributed by atoms with Crippen molar-refractivity contribution < 1.29 is 9.90 Å². The SMILES string of the molecule is Cc1cc(N2CCC(C(=O)O)C2C)c(C#N)c(C)n1. The van der Waals surface area contributed by atoms with E-state index < -0.39 is 5.97 Å². The second-order valence-electron chi connectivity index (χ2n) is 5.02. The van der Waals surface area contributed by atoms with E-state index >= 15 is 0 Å². The molecular formula is C14H17N3O2. The van der Waals surface area contributed by atoms with E-state index in [1.807, 2.05) is 31.7 Å². The van der Waals surface area contributed by atoms with E-state index in [9.17, 15) is 15.2 Å². The molecule has 1 aliphatic heterocycles. The Kier molecular flexibility index (Phi) is 3.43. The summed E-state index contributed by atoms with van der Waals surface area (Å²) in [6.45, 7) is 6.26. The largest absolute Gasteiger partial charge is 0.481 e. The van der Waals surface area contributed by atoms with Crippen molar-refractivity contribution in [1.82, 2.24) is 4.98 Å². The van der Waals surface area contributed by atoms with Crippen LogP contribution < -0.4 is 4.90 Å². The number of hydrogen-bond acceptors (Lipinski definition) is 4. The predicted molar refractivity (Wildman–Crippen MR) is 71.0 cm³/mol. The Bertz CT molecular complexity index is 563. The van der Waals surface area contributed by atoms with Gasteiger partial charge in [-0.05, 0) is 33.3 Å². The standard InChI is InChI=1S/C14H17N3O2/c1-8-6-13(12(7-15)9(2)16-8)17-5-4-11(10(17)3)14(18)19/h6,10-11H,4-5H2,1-3H3,(H,18,19). The number of aromatic nitrogens is 1. The highest BCUT2D eigenvalue weighted by atomic mass is 16.4. The minimum Gasteiger partial charge on any atom is -0.481 e. The second kappa shape index (κ2) is 4.88. The van der Waals surface area contributed by atoms with Gasteiger partial charge in [-0.3, -0.25) is 9.78 Å². The number of carboxylic acid groups (broad SMARTS) is 1. The van der Waals surface area contributed by atoms with Gasteiger partial charge in [0.25, 0.3) is 0 Å². The molecule has 100 valence electrons. The molecule has 1 aromatic rings. The van der Waals surface area contributed by atoms with E-state index in [-0.39, 0.29) is 12.0 Å². The van der Waals surface area contributed by atoms with Crippen molar-refractivity contribution in [3.05, 3.63) is 23.0 Å². The number of aliphatic carboxylic acids is 1. The molecule has 5 nitrogen and oxygen atoms in total. The number of hydrogen-bond donors (Lipinski definition) is 1. The van der Waals surface area contributed by atoms with Gasteiger partial charge in [-0.25, -0.2) is 0 Å². The minimum absolute atomic E-state index is 0.106. The van der Waals surface area contributed by atoms with Gasteiger partial charge in [-0.2, -0.15) is 5.26 Å². The summed E-state index contributed by atoms with van der Waals surface area (Å²) in [5.74, 6) is -1.14. The van der Waals surface area contributed by atoms with Crippen LogP contribution in [0.3, 0.4) is 0 Å². The van der Waals surface area contributed by atoms with Gasteiger partial charge >= 0.3 is 5.97 Å². The molecule has 1 N–H and O–H groups in total. The van der Waals surface area contributed by atoms with Crippen LogP contribution in [0, 0.1) is 31.1 Å². The summed E-state index contributed by atoms with van der Waals surface area (Å²) in [5, 5.41) is 18.5. The molecule has 1 fully saturated rings. The van der Waals surface area contributed by atoms with Gasteiger partial charge in [0.15, 0.2) is 0 Å². The number of aryl methyl sites for hydroxylation is 2. The zero-order valence-electron chi connectivity index (χ0n) is 11.3. The van der Waals surface area contributed by atoms with Crippen molar-refractivity contribution in [2.75, 3.05) is 11.4 Å². The first-order valence-electron chi connectivity index (χ1n) is 6.33. The van der Waals surface area contributed by atoms with Crippen LogP contribution in [0.25, 0.3) is 0 Å². The lowest BCUT2D eigenvalue weighted by Crippen LogP contribution is -2.33. The van der Waals surface area contributed by atoms with E-state index in [2.05, 4.69) is 11.1 Å². The van der Waals surface area contributed by atoms with E-state index in [1.165, 1.54) is 0 Å². The number of nitrogens with zero attached hydrogens (tertiary/aromatic N) is 3. The van der Waals surface area contributed by atoms with E-state index in [1.54, 1.807) is 0 Å². The van der Waals surface area contributed by atoms with Crippen LogP contribution in [0.1, 0.15) is 30.3 Å². The first kappa shape index (κ1) is 13.3. The quantitative estimate of drug-likeness (QED) is 0.877. The summed E-state index contributed by atoms with van der Waals surface area (Å²) in [5.41, 5.74) is 2.90. The number of nitriles is 1. The molecule has 0 bridgehead atoms. The topological polar surface area (TPSA) is 77.2 Å². The second-order valence-corrected chi connectivity index (χ2v) is 5.02. The van der Waals surface area contributed by atoms with Crippen molar-refractivity contribution >= 4 is 11.7 Å². The van der Waals surface area contributed by atoms with Crippen LogP contribution in [-0.2, 0) is 4.79 Å². The Hall–Kier alpha value is -2.09. The van der Waals surface area contributed by atoms with Gasteiger partial charge in [0.2, 0.25) is 0 Å². The van der Waals surface area contributed by atoms with Gasteiger partial charge in [0.05, 0.1) is 22.9 Å². The lowest BCUT2D eigenvalue weighted by molar-refractivity contribution is -0.141. The Balaban J connectivity index is 2.44. The normalized spacial score (nSPS) is 22.3. The molecule has 0 amide bonds. The smallest absolute Gasteiger partial charge is 0.308 e. The Morgan fingerprint density at radius 1 is 1.58 bits per heavy atom. The average Bonchev–Trinajstić information content (AvgIpc) is 2.70. The lowest BCUT2D eigenvalue weighted by atomic mass is 10.0. The molecule has 2 atom stereocenters. The number of carboxylic acids is 1. The molecule has 19 heavy (non-hydrogen) atoms. The summed E-state index contributed by atoms with van der Waals surface area (Å²) in [4.78, 5) is 17.5. The fraction of sp³-hybridized carbons (Fsp3) is 0.500. The van der Waals surface area contributed by atoms with Crippen LogP contribution in [-0.4, -0.2) is 28.6 Å². The molecule has 2 heterocycles. The van der Waals surface area contributed by atoms with Gasteiger partial charge < -0.3 is 10.0 Å². The van der Waals surface area contributed by atoms with Crippen molar-refractivity contribution in [3.63, 3.8) is 0 Å². The Morgan fingerprint density at radius 2 is 2.26 bits per heavy atom. The molecule has 2 rings (SSSR count). The summed E-state index contributed by atoms with van der Waals surface area (Å²) >= 11 is 0. The van der Waals surface area contributed by atoms with Crippen LogP contribution >= 0.6 is 0 Å². The fourth-order valence-corrected chi connectivity index (χ4v) is 2.78. The average molecular weight is 259 g/mol. The molecule has 0 saturated carbocycles. The highest BCUT2D eigenvalue weighted by Gasteiger charge is 2.36. The number of rotatable bonds is 2. The van der Waals surface area contributed by atoms with Crippen LogP contribution in [0.4, 0.5) is 5.69 Å². The van der Waals surface area contributed by atoms with E-state index in [0.29, 0.717) is 24.2 Å². The predicted octanol–water partition coefficient (Wildman–Crippen LogP) is 1.87. The molecule has 0 aliphatic carbocycles. The maximum Gasteiger partial charge on any atom is 0.308 e. The molecule has 1 aliphatic rings. The van der Waals surface area contributed by atoms with Crippen LogP contribution in [0.2, 0.25) is 0 Å². The Morgan fingerprint density at radius 3 is 2.79 bits per heavy atom. The highest BCUT2D eigenvalue weighted by Crippen LogP contribution is 2.33. The third kappa shape index (κ3) is 2.26. The van der Waals surface area contributed by atoms with Crippen LogP contribution in [0.15, 0.2) is 6.07 Å². The third-order valence-electron chi connectivity index (χ3n) is 3.80. The summed E-state index contributed by atoms with van der Waals surface area (Å²) in [6, 6.07) is 3.94. The Labute approximate surface area is 112 Å². The maximum absolute atomic E-state index is 11.2. The molecule has 1 aromatic heterocycles. The zero-order valence-corrected chi connectivity index (χ0v) is 11.3. The van der Waals surface area contributed by atoms with Gasteiger partial charge in [-0.1, -0.05) is 0 Å². The van der Waals surface area contributed by atoms with Crippen molar-refractivity contribution in [3.8, 4) is 6.07 Å². The number of anilines is 1. The lowest BCUT2D eigenvalue weighted by Gasteiger charge is -2.27. The van der Waals surface area contributed by atoms with Crippen LogP contribution in [0.5, 0.6) is 0 Å².